The minimum absolute atomic E-state index is 0.0633. The van der Waals surface area contributed by atoms with Crippen molar-refractivity contribution in [3.63, 3.8) is 0 Å². The molecule has 1 aliphatic rings. The molecule has 0 aromatic rings. The number of ketones is 2. The highest BCUT2D eigenvalue weighted by molar-refractivity contribution is 5.88. The highest BCUT2D eigenvalue weighted by atomic mass is 16.6. The second-order valence-corrected chi connectivity index (χ2v) is 6.84. The minimum atomic E-state index is -0.638. The zero-order valence-corrected chi connectivity index (χ0v) is 13.1. The Hall–Kier alpha value is -1.39. The molecule has 5 heteroatoms. The summed E-state index contributed by atoms with van der Waals surface area (Å²) in [7, 11) is 0. The number of carbonyl (C=O) groups excluding carboxylic acids is 3. The van der Waals surface area contributed by atoms with Gasteiger partial charge in [-0.3, -0.25) is 4.79 Å². The summed E-state index contributed by atoms with van der Waals surface area (Å²) < 4.78 is 5.34. The van der Waals surface area contributed by atoms with Gasteiger partial charge in [-0.25, -0.2) is 4.79 Å². The fourth-order valence-electron chi connectivity index (χ4n) is 2.28. The molecule has 114 valence electrons. The van der Waals surface area contributed by atoms with Crippen LogP contribution in [0.15, 0.2) is 0 Å². The number of amides is 1. The first-order valence-electron chi connectivity index (χ1n) is 7.04. The number of ether oxygens (including phenoxy) is 1. The lowest BCUT2D eigenvalue weighted by molar-refractivity contribution is -0.133. The van der Waals surface area contributed by atoms with Gasteiger partial charge >= 0.3 is 6.09 Å². The van der Waals surface area contributed by atoms with Gasteiger partial charge in [0.1, 0.15) is 17.2 Å². The van der Waals surface area contributed by atoms with Crippen molar-refractivity contribution >= 4 is 17.7 Å². The Balaban J connectivity index is 2.72. The van der Waals surface area contributed by atoms with E-state index in [2.05, 4.69) is 0 Å². The molecule has 1 atom stereocenters. The molecule has 0 spiro atoms. The van der Waals surface area contributed by atoms with Crippen LogP contribution in [0.5, 0.6) is 0 Å². The highest BCUT2D eigenvalue weighted by Crippen LogP contribution is 2.32. The number of hydrogen-bond donors (Lipinski definition) is 0. The van der Waals surface area contributed by atoms with Crippen LogP contribution >= 0.6 is 0 Å². The third-order valence-electron chi connectivity index (χ3n) is 3.50. The summed E-state index contributed by atoms with van der Waals surface area (Å²) in [5, 5.41) is 0. The van der Waals surface area contributed by atoms with Gasteiger partial charge in [-0.1, -0.05) is 6.92 Å². The molecule has 0 bridgehead atoms. The molecular weight excluding hydrogens is 258 g/mol. The van der Waals surface area contributed by atoms with E-state index in [9.17, 15) is 14.4 Å². The van der Waals surface area contributed by atoms with E-state index < -0.39 is 11.0 Å². The van der Waals surface area contributed by atoms with E-state index in [0.717, 1.165) is 0 Å². The summed E-state index contributed by atoms with van der Waals surface area (Å²) in [6.07, 6.45) is 0.789. The van der Waals surface area contributed by atoms with Crippen LogP contribution in [-0.4, -0.2) is 41.3 Å². The van der Waals surface area contributed by atoms with E-state index in [4.69, 9.17) is 4.74 Å². The summed E-state index contributed by atoms with van der Waals surface area (Å²) in [6.45, 7) is 9.51. The monoisotopic (exact) mass is 283 g/mol. The van der Waals surface area contributed by atoms with Crippen molar-refractivity contribution in [1.82, 2.24) is 4.90 Å². The largest absolute Gasteiger partial charge is 0.444 e. The van der Waals surface area contributed by atoms with Crippen LogP contribution in [0.2, 0.25) is 0 Å². The molecule has 1 fully saturated rings. The Kier molecular flexibility index (Phi) is 4.95. The van der Waals surface area contributed by atoms with Crippen LogP contribution in [0.4, 0.5) is 4.79 Å². The van der Waals surface area contributed by atoms with Gasteiger partial charge in [-0.05, 0) is 34.1 Å². The molecule has 20 heavy (non-hydrogen) atoms. The molecule has 0 aromatic heterocycles. The quantitative estimate of drug-likeness (QED) is 0.798. The summed E-state index contributed by atoms with van der Waals surface area (Å²) in [5.41, 5.74) is -1.19. The molecule has 1 saturated heterocycles. The standard InChI is InChI=1S/C15H25NO4/c1-11(17)6-8-15(5)10-16(9-7-12(15)18)13(19)20-14(2,3)4/h6-10H2,1-5H3. The van der Waals surface area contributed by atoms with Gasteiger partial charge in [0.15, 0.2) is 0 Å². The van der Waals surface area contributed by atoms with Crippen LogP contribution in [0, 0.1) is 5.41 Å². The average Bonchev–Trinajstić information content (AvgIpc) is 2.28. The number of carbonyl (C=O) groups is 3. The lowest BCUT2D eigenvalue weighted by Gasteiger charge is -2.39. The minimum Gasteiger partial charge on any atom is -0.444 e. The van der Waals surface area contributed by atoms with Gasteiger partial charge in [0.2, 0.25) is 0 Å². The molecule has 0 saturated carbocycles. The lowest BCUT2D eigenvalue weighted by atomic mass is 9.76. The van der Waals surface area contributed by atoms with Gasteiger partial charge in [0.05, 0.1) is 0 Å². The smallest absolute Gasteiger partial charge is 0.410 e. The topological polar surface area (TPSA) is 63.7 Å². The van der Waals surface area contributed by atoms with E-state index in [1.807, 2.05) is 27.7 Å². The summed E-state index contributed by atoms with van der Waals surface area (Å²) in [4.78, 5) is 36.9. The fraction of sp³-hybridized carbons (Fsp3) is 0.800. The summed E-state index contributed by atoms with van der Waals surface area (Å²) >= 11 is 0. The maximum atomic E-state index is 12.1. The Morgan fingerprint density at radius 2 is 1.95 bits per heavy atom. The lowest BCUT2D eigenvalue weighted by Crippen LogP contribution is -2.51. The molecule has 1 unspecified atom stereocenters. The van der Waals surface area contributed by atoms with Crippen LogP contribution in [0.25, 0.3) is 0 Å². The molecule has 1 amide bonds. The molecular formula is C15H25NO4. The Labute approximate surface area is 120 Å². The number of likely N-dealkylation sites (tertiary alicyclic amines) is 1. The molecule has 0 aromatic carbocycles. The molecule has 0 radical (unpaired) electrons. The van der Waals surface area contributed by atoms with Crippen LogP contribution in [-0.2, 0) is 14.3 Å². The first-order chi connectivity index (χ1) is 9.03. The number of nitrogens with zero attached hydrogens (tertiary/aromatic N) is 1. The van der Waals surface area contributed by atoms with Gasteiger partial charge in [-0.15, -0.1) is 0 Å². The molecule has 1 heterocycles. The van der Waals surface area contributed by atoms with Crippen molar-refractivity contribution in [2.24, 2.45) is 5.41 Å². The fourth-order valence-corrected chi connectivity index (χ4v) is 2.28. The van der Waals surface area contributed by atoms with Gasteiger partial charge in [-0.2, -0.15) is 0 Å². The molecule has 0 N–H and O–H groups in total. The van der Waals surface area contributed by atoms with Crippen molar-refractivity contribution in [1.29, 1.82) is 0 Å². The van der Waals surface area contributed by atoms with Crippen LogP contribution in [0.1, 0.15) is 53.9 Å². The normalized spacial score (nSPS) is 23.6. The van der Waals surface area contributed by atoms with E-state index in [1.54, 1.807) is 4.90 Å². The molecule has 1 aliphatic heterocycles. The first kappa shape index (κ1) is 16.7. The van der Waals surface area contributed by atoms with Crippen molar-refractivity contribution in [3.05, 3.63) is 0 Å². The second-order valence-electron chi connectivity index (χ2n) is 6.84. The van der Waals surface area contributed by atoms with Crippen molar-refractivity contribution < 1.29 is 19.1 Å². The Morgan fingerprint density at radius 1 is 1.35 bits per heavy atom. The third-order valence-corrected chi connectivity index (χ3v) is 3.50. The maximum absolute atomic E-state index is 12.1. The van der Waals surface area contributed by atoms with Gasteiger partial charge in [0, 0.05) is 31.3 Å². The Bertz CT molecular complexity index is 411. The van der Waals surface area contributed by atoms with Crippen molar-refractivity contribution in [2.45, 2.75) is 59.5 Å². The SMILES string of the molecule is CC(=O)CCC1(C)CN(C(=O)OC(C)(C)C)CCC1=O. The number of piperidine rings is 1. The molecule has 5 nitrogen and oxygen atoms in total. The average molecular weight is 283 g/mol. The van der Waals surface area contributed by atoms with E-state index in [0.29, 0.717) is 32.4 Å². The molecule has 1 rings (SSSR count). The predicted octanol–water partition coefficient (Wildman–Crippen LogP) is 2.57. The van der Waals surface area contributed by atoms with Gasteiger partial charge < -0.3 is 14.4 Å². The van der Waals surface area contributed by atoms with Crippen LogP contribution in [0.3, 0.4) is 0 Å². The van der Waals surface area contributed by atoms with Crippen molar-refractivity contribution in [2.75, 3.05) is 13.1 Å². The number of rotatable bonds is 3. The zero-order valence-electron chi connectivity index (χ0n) is 13.1. The van der Waals surface area contributed by atoms with Gasteiger partial charge in [0.25, 0.3) is 0 Å². The van der Waals surface area contributed by atoms with Crippen molar-refractivity contribution in [3.8, 4) is 0 Å². The Morgan fingerprint density at radius 3 is 2.45 bits per heavy atom. The second kappa shape index (κ2) is 5.94. The summed E-state index contributed by atoms with van der Waals surface area (Å²) in [5.74, 6) is 0.187. The predicted molar refractivity (Wildman–Crippen MR) is 75.5 cm³/mol. The highest BCUT2D eigenvalue weighted by Gasteiger charge is 2.40. The number of hydrogen-bond acceptors (Lipinski definition) is 4. The van der Waals surface area contributed by atoms with E-state index >= 15 is 0 Å². The molecule has 0 aliphatic carbocycles. The summed E-state index contributed by atoms with van der Waals surface area (Å²) in [6, 6.07) is 0. The van der Waals surface area contributed by atoms with E-state index in [1.165, 1.54) is 6.92 Å². The zero-order chi connectivity index (χ0) is 15.6. The third kappa shape index (κ3) is 4.62. The first-order valence-corrected chi connectivity index (χ1v) is 7.04. The number of Topliss-reactive ketones (excluding diaryl/α,β-unsaturated/α-hetero) is 2. The maximum Gasteiger partial charge on any atom is 0.410 e. The van der Waals surface area contributed by atoms with Crippen LogP contribution < -0.4 is 0 Å². The van der Waals surface area contributed by atoms with E-state index in [-0.39, 0.29) is 17.7 Å².